The molecule has 1 aliphatic rings. The van der Waals surface area contributed by atoms with E-state index in [4.69, 9.17) is 23.2 Å². The van der Waals surface area contributed by atoms with E-state index in [0.717, 1.165) is 11.1 Å². The quantitative estimate of drug-likeness (QED) is 0.637. The van der Waals surface area contributed by atoms with Gasteiger partial charge in [-0.25, -0.2) is 4.79 Å². The molecule has 28 heavy (non-hydrogen) atoms. The second-order valence-corrected chi connectivity index (χ2v) is 7.08. The molecule has 140 valence electrons. The number of halogens is 2. The van der Waals surface area contributed by atoms with Crippen molar-refractivity contribution in [1.29, 1.82) is 0 Å². The molecule has 1 aromatic heterocycles. The van der Waals surface area contributed by atoms with Crippen LogP contribution in [0.15, 0.2) is 78.0 Å². The summed E-state index contributed by atoms with van der Waals surface area (Å²) in [6.07, 6.45) is 3.44. The molecule has 2 aromatic carbocycles. The van der Waals surface area contributed by atoms with Gasteiger partial charge >= 0.3 is 6.03 Å². The number of amides is 2. The summed E-state index contributed by atoms with van der Waals surface area (Å²) in [5.74, 6) is 0.582. The predicted octanol–water partition coefficient (Wildman–Crippen LogP) is 5.26. The molecule has 1 unspecified atom stereocenters. The Kier molecular flexibility index (Phi) is 5.28. The molecular formula is C21H16Cl2N4O. The molecule has 1 fully saturated rings. The van der Waals surface area contributed by atoms with Crippen LogP contribution in [0, 0.1) is 0 Å². The number of pyridine rings is 1. The molecule has 1 saturated heterocycles. The second kappa shape index (κ2) is 8.00. The minimum Gasteiger partial charge on any atom is -0.294 e. The van der Waals surface area contributed by atoms with Crippen LogP contribution < -0.4 is 10.2 Å². The van der Waals surface area contributed by atoms with Gasteiger partial charge in [0.15, 0.2) is 0 Å². The number of carbonyl (C=O) groups is 1. The summed E-state index contributed by atoms with van der Waals surface area (Å²) in [7, 11) is 0. The molecule has 0 aliphatic carbocycles. The monoisotopic (exact) mass is 410 g/mol. The molecule has 0 spiro atoms. The number of hydrogen-bond acceptors (Lipinski definition) is 3. The van der Waals surface area contributed by atoms with Crippen molar-refractivity contribution < 1.29 is 4.79 Å². The molecule has 2 amide bonds. The van der Waals surface area contributed by atoms with Gasteiger partial charge in [0, 0.05) is 18.1 Å². The highest BCUT2D eigenvalue weighted by Gasteiger charge is 2.38. The Labute approximate surface area is 172 Å². The molecule has 7 heteroatoms. The average molecular weight is 411 g/mol. The number of urea groups is 1. The van der Waals surface area contributed by atoms with Crippen molar-refractivity contribution in [3.63, 3.8) is 0 Å². The highest BCUT2D eigenvalue weighted by molar-refractivity contribution is 6.42. The highest BCUT2D eigenvalue weighted by atomic mass is 35.5. The Morgan fingerprint density at radius 2 is 1.75 bits per heavy atom. The van der Waals surface area contributed by atoms with Gasteiger partial charge in [-0.15, -0.1) is 0 Å². The van der Waals surface area contributed by atoms with E-state index in [0.29, 0.717) is 28.1 Å². The highest BCUT2D eigenvalue weighted by Crippen LogP contribution is 2.35. The number of benzene rings is 2. The maximum Gasteiger partial charge on any atom is 0.328 e. The van der Waals surface area contributed by atoms with Crippen molar-refractivity contribution in [2.75, 3.05) is 4.90 Å². The van der Waals surface area contributed by atoms with Gasteiger partial charge in [0.1, 0.15) is 11.9 Å². The molecule has 1 atom stereocenters. The van der Waals surface area contributed by atoms with Gasteiger partial charge in [-0.1, -0.05) is 53.5 Å². The molecule has 1 aliphatic heterocycles. The number of anilines is 1. The lowest BCUT2D eigenvalue weighted by Gasteiger charge is -2.23. The number of aliphatic imine (C=N–C) groups is 1. The van der Waals surface area contributed by atoms with Crippen LogP contribution in [-0.4, -0.2) is 16.9 Å². The van der Waals surface area contributed by atoms with E-state index in [1.54, 1.807) is 35.5 Å². The zero-order valence-electron chi connectivity index (χ0n) is 14.7. The fourth-order valence-electron chi connectivity index (χ4n) is 3.11. The Balaban J connectivity index is 1.75. The van der Waals surface area contributed by atoms with Crippen LogP contribution in [0.1, 0.15) is 17.2 Å². The summed E-state index contributed by atoms with van der Waals surface area (Å²) in [5.41, 5.74) is 2.60. The largest absolute Gasteiger partial charge is 0.328 e. The summed E-state index contributed by atoms with van der Waals surface area (Å²) in [6.45, 7) is 0.441. The Morgan fingerprint density at radius 3 is 2.46 bits per heavy atom. The second-order valence-electron chi connectivity index (χ2n) is 6.27. The SMILES string of the molecule is O=C1NC(=NCc2ccncc2)C(c2ccccc2)N1c1ccc(Cl)c(Cl)c1. The van der Waals surface area contributed by atoms with Gasteiger partial charge in [-0.2, -0.15) is 0 Å². The van der Waals surface area contributed by atoms with Crippen molar-refractivity contribution >= 4 is 40.8 Å². The predicted molar refractivity (Wildman–Crippen MR) is 112 cm³/mol. The van der Waals surface area contributed by atoms with E-state index in [1.807, 2.05) is 42.5 Å². The van der Waals surface area contributed by atoms with Crippen molar-refractivity contribution in [2.24, 2.45) is 4.99 Å². The Hall–Kier alpha value is -2.89. The van der Waals surface area contributed by atoms with Crippen LogP contribution in [0.4, 0.5) is 10.5 Å². The summed E-state index contributed by atoms with van der Waals surface area (Å²) in [4.78, 5) is 23.2. The molecular weight excluding hydrogens is 395 g/mol. The van der Waals surface area contributed by atoms with Crippen LogP contribution in [0.3, 0.4) is 0 Å². The normalized spacial score (nSPS) is 17.8. The maximum absolute atomic E-state index is 12.8. The molecule has 1 N–H and O–H groups in total. The van der Waals surface area contributed by atoms with E-state index in [2.05, 4.69) is 15.3 Å². The number of nitrogens with zero attached hydrogens (tertiary/aromatic N) is 3. The lowest BCUT2D eigenvalue weighted by atomic mass is 10.0. The first-order valence-corrected chi connectivity index (χ1v) is 9.42. The Bertz CT molecular complexity index is 1030. The minimum absolute atomic E-state index is 0.263. The van der Waals surface area contributed by atoms with Crippen molar-refractivity contribution in [3.8, 4) is 0 Å². The molecule has 3 aromatic rings. The minimum atomic E-state index is -0.382. The molecule has 4 rings (SSSR count). The van der Waals surface area contributed by atoms with Gasteiger partial charge in [0.05, 0.1) is 16.6 Å². The van der Waals surface area contributed by atoms with Crippen LogP contribution in [0.2, 0.25) is 10.0 Å². The first-order chi connectivity index (χ1) is 13.6. The van der Waals surface area contributed by atoms with E-state index >= 15 is 0 Å². The van der Waals surface area contributed by atoms with E-state index in [9.17, 15) is 4.79 Å². The zero-order chi connectivity index (χ0) is 19.5. The molecule has 0 radical (unpaired) electrons. The number of aromatic nitrogens is 1. The average Bonchev–Trinajstić information content (AvgIpc) is 3.06. The van der Waals surface area contributed by atoms with E-state index in [-0.39, 0.29) is 12.1 Å². The lowest BCUT2D eigenvalue weighted by Crippen LogP contribution is -2.29. The number of amidine groups is 1. The first-order valence-electron chi connectivity index (χ1n) is 8.67. The van der Waals surface area contributed by atoms with Crippen LogP contribution in [-0.2, 0) is 6.54 Å². The smallest absolute Gasteiger partial charge is 0.294 e. The number of hydrogen-bond donors (Lipinski definition) is 1. The standard InChI is InChI=1S/C21H16Cl2N4O/c22-17-7-6-16(12-18(17)23)27-19(15-4-2-1-3-5-15)20(26-21(27)28)25-13-14-8-10-24-11-9-14/h1-12,19H,13H2,(H,25,26,28). The number of nitrogens with one attached hydrogen (secondary N) is 1. The van der Waals surface area contributed by atoms with Crippen LogP contribution in [0.5, 0.6) is 0 Å². The van der Waals surface area contributed by atoms with Crippen molar-refractivity contribution in [1.82, 2.24) is 10.3 Å². The van der Waals surface area contributed by atoms with Gasteiger partial charge < -0.3 is 0 Å². The Morgan fingerprint density at radius 1 is 1.00 bits per heavy atom. The molecule has 0 saturated carbocycles. The van der Waals surface area contributed by atoms with Crippen LogP contribution in [0.25, 0.3) is 0 Å². The van der Waals surface area contributed by atoms with Crippen molar-refractivity contribution in [2.45, 2.75) is 12.6 Å². The van der Waals surface area contributed by atoms with Crippen LogP contribution >= 0.6 is 23.2 Å². The third-order valence-electron chi connectivity index (χ3n) is 4.45. The summed E-state index contributed by atoms with van der Waals surface area (Å²) >= 11 is 12.2. The van der Waals surface area contributed by atoms with Gasteiger partial charge in [-0.3, -0.25) is 20.2 Å². The third kappa shape index (κ3) is 3.72. The fourth-order valence-corrected chi connectivity index (χ4v) is 3.40. The van der Waals surface area contributed by atoms with Gasteiger partial charge in [-0.05, 0) is 41.5 Å². The van der Waals surface area contributed by atoms with Gasteiger partial charge in [0.25, 0.3) is 0 Å². The fraction of sp³-hybridized carbons (Fsp3) is 0.0952. The topological polar surface area (TPSA) is 57.6 Å². The third-order valence-corrected chi connectivity index (χ3v) is 5.19. The summed E-state index contributed by atoms with van der Waals surface area (Å²) in [5, 5.41) is 3.73. The number of rotatable bonds is 4. The lowest BCUT2D eigenvalue weighted by molar-refractivity contribution is 0.252. The van der Waals surface area contributed by atoms with E-state index < -0.39 is 0 Å². The van der Waals surface area contributed by atoms with Gasteiger partial charge in [0.2, 0.25) is 0 Å². The first kappa shape index (κ1) is 18.5. The van der Waals surface area contributed by atoms with E-state index in [1.165, 1.54) is 0 Å². The molecule has 5 nitrogen and oxygen atoms in total. The van der Waals surface area contributed by atoms with Crippen molar-refractivity contribution in [3.05, 3.63) is 94.2 Å². The summed E-state index contributed by atoms with van der Waals surface area (Å²) in [6, 6.07) is 18.0. The molecule has 0 bridgehead atoms. The molecule has 2 heterocycles. The maximum atomic E-state index is 12.8. The summed E-state index contributed by atoms with van der Waals surface area (Å²) < 4.78 is 0. The zero-order valence-corrected chi connectivity index (χ0v) is 16.2. The number of carbonyl (C=O) groups excluding carboxylic acids is 1.